The average Bonchev–Trinajstić information content (AvgIpc) is 3.64. The van der Waals surface area contributed by atoms with Gasteiger partial charge in [-0.2, -0.15) is 0 Å². The first kappa shape index (κ1) is 29.1. The van der Waals surface area contributed by atoms with Crippen LogP contribution in [-0.2, 0) is 38.3 Å². The number of nitrogens with zero attached hydrogens (tertiary/aromatic N) is 3. The van der Waals surface area contributed by atoms with Crippen LogP contribution in [-0.4, -0.2) is 15.0 Å². The number of aromatic nitrogens is 3. The molecule has 8 aromatic rings. The minimum atomic E-state index is -2.33. The van der Waals surface area contributed by atoms with Crippen LogP contribution in [0.25, 0.3) is 55.7 Å². The van der Waals surface area contributed by atoms with Crippen LogP contribution in [0.2, 0.25) is 0 Å². The maximum atomic E-state index is 8.99. The summed E-state index contributed by atoms with van der Waals surface area (Å²) in [5.41, 5.74) is 6.41. The second kappa shape index (κ2) is 16.9. The standard InChI is InChI=1S/C28H25N2O.C23H24N.Ir/c1-18-8-11-20(12-9-18)17-28(3,4)21-14-15-29-25(16-21)24-7-5-6-22-23-13-10-19(2)30-27(23)31-26(22)24;1-17-10-12-20(14-21(17)19-8-6-5-7-9-19)22-13-11-18(16-24-22)15-23(2,3)4;/h5-6,8-16H,17H2,1-4H3;5-11,13-14,16H,15H2,1-4H3;/q2*-1;/i2D3,17D2;1D3,15D2;. The summed E-state index contributed by atoms with van der Waals surface area (Å²) in [6.07, 6.45) is 0.0405. The molecule has 4 aromatic heterocycles. The van der Waals surface area contributed by atoms with Gasteiger partial charge in [0.15, 0.2) is 0 Å². The summed E-state index contributed by atoms with van der Waals surface area (Å²) in [5, 5.41) is 1.49. The van der Waals surface area contributed by atoms with E-state index in [9.17, 15) is 0 Å². The van der Waals surface area contributed by atoms with E-state index in [-0.39, 0.29) is 37.1 Å². The van der Waals surface area contributed by atoms with Crippen molar-refractivity contribution in [1.29, 1.82) is 0 Å². The van der Waals surface area contributed by atoms with Crippen molar-refractivity contribution in [3.05, 3.63) is 173 Å². The van der Waals surface area contributed by atoms with Crippen LogP contribution in [0, 0.1) is 38.2 Å². The Bertz CT molecular complexity index is 2970. The maximum Gasteiger partial charge on any atom is 0.216 e. The van der Waals surface area contributed by atoms with Crippen molar-refractivity contribution < 1.29 is 38.2 Å². The fourth-order valence-electron chi connectivity index (χ4n) is 6.39. The Morgan fingerprint density at radius 3 is 2.25 bits per heavy atom. The van der Waals surface area contributed by atoms with Crippen molar-refractivity contribution in [3.8, 4) is 33.6 Å². The Hall–Kier alpha value is -5.22. The van der Waals surface area contributed by atoms with E-state index < -0.39 is 37.3 Å². The Balaban J connectivity index is 0.000000220. The predicted octanol–water partition coefficient (Wildman–Crippen LogP) is 13.1. The summed E-state index contributed by atoms with van der Waals surface area (Å²) in [6.45, 7) is 6.74. The summed E-state index contributed by atoms with van der Waals surface area (Å²) in [7, 11) is 0. The van der Waals surface area contributed by atoms with Crippen molar-refractivity contribution in [2.75, 3.05) is 0 Å². The van der Waals surface area contributed by atoms with E-state index in [0.29, 0.717) is 50.2 Å². The van der Waals surface area contributed by atoms with Gasteiger partial charge < -0.3 is 14.4 Å². The molecule has 8 rings (SSSR count). The summed E-state index contributed by atoms with van der Waals surface area (Å²) >= 11 is 0. The topological polar surface area (TPSA) is 51.8 Å². The van der Waals surface area contributed by atoms with Gasteiger partial charge in [0.25, 0.3) is 0 Å². The molecule has 0 fully saturated rings. The molecule has 4 aromatic carbocycles. The minimum absolute atomic E-state index is 0. The SMILES string of the molecule is [2H]C([2H])([2H])c1c[c-]c(-c2ccc(C([2H])([2H])C(C)(C)C)cn2)cc1-c1ccccc1.[2H]C([2H])([2H])c1ccc2c(n1)oc1c(-c3cc(C(C)(C)C([2H])([2H])c4ccc(C)cc4)ccn3)[c-]ccc12.[Ir]. The maximum absolute atomic E-state index is 8.99. The number of hydrogen-bond donors (Lipinski definition) is 0. The average molecular weight is 922 g/mol. The Morgan fingerprint density at radius 1 is 0.750 bits per heavy atom. The Labute approximate surface area is 359 Å². The molecule has 0 N–H and O–H groups in total. The molecule has 0 aliphatic carbocycles. The minimum Gasteiger partial charge on any atom is -0.486 e. The van der Waals surface area contributed by atoms with Gasteiger partial charge in [0.05, 0.1) is 5.58 Å². The van der Waals surface area contributed by atoms with Crippen molar-refractivity contribution in [1.82, 2.24) is 15.0 Å². The molecule has 0 aliphatic heterocycles. The summed E-state index contributed by atoms with van der Waals surface area (Å²) in [4.78, 5) is 13.2. The van der Waals surface area contributed by atoms with Crippen LogP contribution in [0.15, 0.2) is 132 Å². The quantitative estimate of drug-likeness (QED) is 0.149. The number of aryl methyl sites for hydroxylation is 3. The van der Waals surface area contributed by atoms with E-state index in [4.69, 9.17) is 18.1 Å². The van der Waals surface area contributed by atoms with E-state index in [2.05, 4.69) is 27.1 Å². The van der Waals surface area contributed by atoms with Gasteiger partial charge in [-0.25, -0.2) is 4.98 Å². The smallest absolute Gasteiger partial charge is 0.216 e. The monoisotopic (exact) mass is 922 g/mol. The number of rotatable bonds is 7. The van der Waals surface area contributed by atoms with Gasteiger partial charge >= 0.3 is 0 Å². The first-order valence-electron chi connectivity index (χ1n) is 23.2. The zero-order valence-electron chi connectivity index (χ0n) is 42.2. The molecular weight excluding hydrogens is 863 g/mol. The predicted molar refractivity (Wildman–Crippen MR) is 228 cm³/mol. The van der Waals surface area contributed by atoms with Crippen molar-refractivity contribution in [3.63, 3.8) is 0 Å². The van der Waals surface area contributed by atoms with Gasteiger partial charge in [-0.3, -0.25) is 0 Å². The molecule has 0 unspecified atom stereocenters. The van der Waals surface area contributed by atoms with Crippen LogP contribution in [0.5, 0.6) is 0 Å². The van der Waals surface area contributed by atoms with Crippen LogP contribution in [0.3, 0.4) is 0 Å². The van der Waals surface area contributed by atoms with Crippen LogP contribution < -0.4 is 0 Å². The van der Waals surface area contributed by atoms with Crippen LogP contribution in [0.1, 0.15) is 81.8 Å². The normalized spacial score (nSPS) is 15.2. The van der Waals surface area contributed by atoms with Gasteiger partial charge in [0, 0.05) is 57.3 Å². The van der Waals surface area contributed by atoms with E-state index in [1.165, 1.54) is 12.1 Å². The molecule has 56 heavy (non-hydrogen) atoms. The van der Waals surface area contributed by atoms with Gasteiger partial charge in [-0.15, -0.1) is 47.5 Å². The van der Waals surface area contributed by atoms with Crippen molar-refractivity contribution >= 4 is 22.1 Å². The number of hydrogen-bond acceptors (Lipinski definition) is 4. The van der Waals surface area contributed by atoms with E-state index >= 15 is 0 Å². The van der Waals surface area contributed by atoms with Crippen molar-refractivity contribution in [2.24, 2.45) is 5.41 Å². The second-order valence-electron chi connectivity index (χ2n) is 15.1. The summed E-state index contributed by atoms with van der Waals surface area (Å²) in [5.74, 6) is 0. The molecular formula is C51H49IrN3O-2. The zero-order valence-corrected chi connectivity index (χ0v) is 34.6. The van der Waals surface area contributed by atoms with Gasteiger partial charge in [-0.1, -0.05) is 136 Å². The second-order valence-corrected chi connectivity index (χ2v) is 15.1. The first-order chi connectivity index (χ1) is 30.3. The number of furan rings is 1. The molecule has 0 saturated heterocycles. The number of benzene rings is 4. The fraction of sp³-hybridized carbons (Fsp3) is 0.235. The van der Waals surface area contributed by atoms with Gasteiger partial charge in [0.2, 0.25) is 5.71 Å². The molecule has 0 spiro atoms. The Kier molecular flexibility index (Phi) is 8.76. The molecule has 0 atom stereocenters. The third-order valence-corrected chi connectivity index (χ3v) is 9.14. The molecule has 0 bridgehead atoms. The molecule has 0 aliphatic rings. The number of fused-ring (bicyclic) bond motifs is 3. The molecule has 4 nitrogen and oxygen atoms in total. The molecule has 0 amide bonds. The van der Waals surface area contributed by atoms with E-state index in [1.54, 1.807) is 42.7 Å². The van der Waals surface area contributed by atoms with Crippen LogP contribution >= 0.6 is 0 Å². The molecule has 5 heteroatoms. The third-order valence-electron chi connectivity index (χ3n) is 9.14. The van der Waals surface area contributed by atoms with Gasteiger partial charge in [-0.05, 0) is 89.2 Å². The van der Waals surface area contributed by atoms with E-state index in [0.717, 1.165) is 22.1 Å². The third kappa shape index (κ3) is 9.41. The summed E-state index contributed by atoms with van der Waals surface area (Å²) in [6, 6.07) is 40.5. The molecule has 285 valence electrons. The van der Waals surface area contributed by atoms with Gasteiger partial charge in [0.1, 0.15) is 0 Å². The first-order valence-corrected chi connectivity index (χ1v) is 18.2. The largest absolute Gasteiger partial charge is 0.486 e. The molecule has 1 radical (unpaired) electrons. The van der Waals surface area contributed by atoms with Crippen LogP contribution in [0.4, 0.5) is 0 Å². The Morgan fingerprint density at radius 2 is 1.54 bits per heavy atom. The van der Waals surface area contributed by atoms with Crippen molar-refractivity contribution in [2.45, 2.75) is 73.4 Å². The molecule has 4 heterocycles. The zero-order chi connectivity index (χ0) is 47.3. The summed E-state index contributed by atoms with van der Waals surface area (Å²) < 4.78 is 87.3. The fourth-order valence-corrected chi connectivity index (χ4v) is 6.39. The molecule has 0 saturated carbocycles. The number of pyridine rings is 3. The van der Waals surface area contributed by atoms with E-state index in [1.807, 2.05) is 114 Å².